The fraction of sp³-hybridized carbons (Fsp3) is 0.167. The molecule has 0 saturated heterocycles. The van der Waals surface area contributed by atoms with E-state index in [9.17, 15) is 4.79 Å². The molecule has 0 fully saturated rings. The van der Waals surface area contributed by atoms with Crippen LogP contribution in [-0.4, -0.2) is 27.2 Å². The molecule has 3 aromatic rings. The summed E-state index contributed by atoms with van der Waals surface area (Å²) in [6, 6.07) is 13.1. The number of amides is 1. The predicted octanol–water partition coefficient (Wildman–Crippen LogP) is 3.96. The SMILES string of the molecule is Cc1nnc2n1-c1ccc(C(N)=O)cc1N(c1ccc(Cl)cc1)C[C@H]2I. The molecular weight excluding hydrogens is 465 g/mol. The Morgan fingerprint density at radius 2 is 1.92 bits per heavy atom. The molecule has 1 aromatic heterocycles. The lowest BCUT2D eigenvalue weighted by Crippen LogP contribution is -2.21. The summed E-state index contributed by atoms with van der Waals surface area (Å²) in [4.78, 5) is 13.9. The van der Waals surface area contributed by atoms with Gasteiger partial charge in [-0.1, -0.05) is 34.2 Å². The Hall–Kier alpha value is -2.13. The molecule has 6 nitrogen and oxygen atoms in total. The van der Waals surface area contributed by atoms with Crippen LogP contribution in [0.5, 0.6) is 0 Å². The van der Waals surface area contributed by atoms with Crippen molar-refractivity contribution in [3.63, 3.8) is 0 Å². The Morgan fingerprint density at radius 3 is 2.62 bits per heavy atom. The van der Waals surface area contributed by atoms with Gasteiger partial charge in [0.2, 0.25) is 5.91 Å². The lowest BCUT2D eigenvalue weighted by molar-refractivity contribution is 0.100. The van der Waals surface area contributed by atoms with E-state index in [2.05, 4.69) is 37.7 Å². The molecule has 1 aliphatic heterocycles. The number of aryl methyl sites for hydroxylation is 1. The fourth-order valence-electron chi connectivity index (χ4n) is 3.17. The highest BCUT2D eigenvalue weighted by molar-refractivity contribution is 14.1. The number of primary amides is 1. The summed E-state index contributed by atoms with van der Waals surface area (Å²) in [5, 5.41) is 9.27. The first-order chi connectivity index (χ1) is 12.5. The normalized spacial score (nSPS) is 16.0. The van der Waals surface area contributed by atoms with Gasteiger partial charge in [-0.05, 0) is 49.4 Å². The average Bonchev–Trinajstić information content (AvgIpc) is 2.95. The van der Waals surface area contributed by atoms with Crippen LogP contribution in [0.1, 0.15) is 25.9 Å². The molecule has 0 unspecified atom stereocenters. The van der Waals surface area contributed by atoms with Gasteiger partial charge in [-0.15, -0.1) is 10.2 Å². The van der Waals surface area contributed by atoms with Crippen LogP contribution in [0.4, 0.5) is 11.4 Å². The van der Waals surface area contributed by atoms with Gasteiger partial charge in [0.1, 0.15) is 5.82 Å². The first kappa shape index (κ1) is 17.3. The molecule has 0 aliphatic carbocycles. The summed E-state index contributed by atoms with van der Waals surface area (Å²) in [7, 11) is 0. The van der Waals surface area contributed by atoms with Gasteiger partial charge in [0.15, 0.2) is 5.82 Å². The van der Waals surface area contributed by atoms with Crippen LogP contribution in [0, 0.1) is 6.92 Å². The van der Waals surface area contributed by atoms with Gasteiger partial charge in [0.05, 0.1) is 15.3 Å². The molecule has 1 amide bonds. The first-order valence-electron chi connectivity index (χ1n) is 7.99. The van der Waals surface area contributed by atoms with Crippen LogP contribution in [0.15, 0.2) is 42.5 Å². The summed E-state index contributed by atoms with van der Waals surface area (Å²) < 4.78 is 2.14. The number of fused-ring (bicyclic) bond motifs is 3. The third-order valence-electron chi connectivity index (χ3n) is 4.40. The van der Waals surface area contributed by atoms with Gasteiger partial charge in [-0.3, -0.25) is 9.36 Å². The van der Waals surface area contributed by atoms with E-state index in [4.69, 9.17) is 17.3 Å². The molecule has 2 N–H and O–H groups in total. The fourth-order valence-corrected chi connectivity index (χ4v) is 4.09. The Kier molecular flexibility index (Phi) is 4.36. The molecule has 4 rings (SSSR count). The van der Waals surface area contributed by atoms with E-state index in [1.54, 1.807) is 6.07 Å². The van der Waals surface area contributed by atoms with Crippen LogP contribution in [0.3, 0.4) is 0 Å². The number of hydrogen-bond donors (Lipinski definition) is 1. The number of nitrogens with two attached hydrogens (primary N) is 1. The molecule has 8 heteroatoms. The molecule has 0 bridgehead atoms. The van der Waals surface area contributed by atoms with E-state index in [1.165, 1.54) is 0 Å². The molecular formula is C18H15ClIN5O. The van der Waals surface area contributed by atoms with Crippen LogP contribution < -0.4 is 10.6 Å². The summed E-state index contributed by atoms with van der Waals surface area (Å²) in [6.07, 6.45) is 0. The number of carbonyl (C=O) groups is 1. The largest absolute Gasteiger partial charge is 0.366 e. The minimum atomic E-state index is -0.458. The van der Waals surface area contributed by atoms with Crippen LogP contribution in [0.2, 0.25) is 5.02 Å². The van der Waals surface area contributed by atoms with E-state index in [-0.39, 0.29) is 3.92 Å². The van der Waals surface area contributed by atoms with Crippen LogP contribution >= 0.6 is 34.2 Å². The zero-order valence-electron chi connectivity index (χ0n) is 13.9. The van der Waals surface area contributed by atoms with Gasteiger partial charge in [-0.2, -0.15) is 0 Å². The van der Waals surface area contributed by atoms with E-state index in [0.717, 1.165) is 28.7 Å². The Balaban J connectivity index is 1.98. The number of alkyl halides is 1. The second kappa shape index (κ2) is 6.55. The molecule has 0 saturated carbocycles. The van der Waals surface area contributed by atoms with E-state index >= 15 is 0 Å². The van der Waals surface area contributed by atoms with Gasteiger partial charge < -0.3 is 10.6 Å². The van der Waals surface area contributed by atoms with Crippen molar-refractivity contribution in [2.24, 2.45) is 5.73 Å². The van der Waals surface area contributed by atoms with Gasteiger partial charge >= 0.3 is 0 Å². The molecule has 132 valence electrons. The van der Waals surface area contributed by atoms with Crippen molar-refractivity contribution in [2.45, 2.75) is 10.8 Å². The number of hydrogen-bond acceptors (Lipinski definition) is 4. The maximum atomic E-state index is 11.7. The minimum absolute atomic E-state index is 0.105. The van der Waals surface area contributed by atoms with Crippen LogP contribution in [0.25, 0.3) is 5.69 Å². The number of rotatable bonds is 2. The highest BCUT2D eigenvalue weighted by Crippen LogP contribution is 2.40. The number of anilines is 2. The molecule has 0 spiro atoms. The van der Waals surface area contributed by atoms with Crippen molar-refractivity contribution >= 4 is 51.5 Å². The summed E-state index contributed by atoms with van der Waals surface area (Å²) in [5.74, 6) is 1.22. The Bertz CT molecular complexity index is 1000. The molecule has 2 heterocycles. The van der Waals surface area contributed by atoms with E-state index < -0.39 is 5.91 Å². The first-order valence-corrected chi connectivity index (χ1v) is 9.61. The number of nitrogens with zero attached hydrogens (tertiary/aromatic N) is 4. The number of halogens is 2. The maximum absolute atomic E-state index is 11.7. The lowest BCUT2D eigenvalue weighted by Gasteiger charge is -2.26. The zero-order chi connectivity index (χ0) is 18.4. The third-order valence-corrected chi connectivity index (χ3v) is 5.61. The van der Waals surface area contributed by atoms with Crippen molar-refractivity contribution < 1.29 is 4.79 Å². The molecule has 2 aromatic carbocycles. The highest BCUT2D eigenvalue weighted by Gasteiger charge is 2.29. The topological polar surface area (TPSA) is 77.0 Å². The highest BCUT2D eigenvalue weighted by atomic mass is 127. The quantitative estimate of drug-likeness (QED) is 0.446. The van der Waals surface area contributed by atoms with E-state index in [0.29, 0.717) is 17.1 Å². The zero-order valence-corrected chi connectivity index (χ0v) is 16.8. The van der Waals surface area contributed by atoms with Crippen molar-refractivity contribution in [1.29, 1.82) is 0 Å². The standard InChI is InChI=1S/C18H15ClIN5O/c1-10-22-23-18-14(20)9-24(13-5-3-12(19)4-6-13)16-8-11(17(21)26)2-7-15(16)25(10)18/h2-8,14H,9H2,1H3,(H2,21,26)/t14-/m1/s1. The number of benzene rings is 2. The summed E-state index contributed by atoms with van der Waals surface area (Å²) in [6.45, 7) is 2.60. The Morgan fingerprint density at radius 1 is 1.19 bits per heavy atom. The van der Waals surface area contributed by atoms with E-state index in [1.807, 2.05) is 47.9 Å². The van der Waals surface area contributed by atoms with Crippen molar-refractivity contribution in [3.05, 3.63) is 64.7 Å². The van der Waals surface area contributed by atoms with Crippen LogP contribution in [-0.2, 0) is 0 Å². The summed E-state index contributed by atoms with van der Waals surface area (Å²) in [5.41, 5.74) is 8.76. The number of aromatic nitrogens is 3. The third kappa shape index (κ3) is 2.84. The molecule has 1 aliphatic rings. The summed E-state index contributed by atoms with van der Waals surface area (Å²) >= 11 is 8.42. The maximum Gasteiger partial charge on any atom is 0.248 e. The number of carbonyl (C=O) groups excluding carboxylic acids is 1. The smallest absolute Gasteiger partial charge is 0.248 e. The van der Waals surface area contributed by atoms with Gasteiger partial charge in [0.25, 0.3) is 0 Å². The van der Waals surface area contributed by atoms with Crippen molar-refractivity contribution in [2.75, 3.05) is 11.4 Å². The minimum Gasteiger partial charge on any atom is -0.366 e. The monoisotopic (exact) mass is 479 g/mol. The average molecular weight is 480 g/mol. The Labute approximate surface area is 169 Å². The molecule has 0 radical (unpaired) electrons. The predicted molar refractivity (Wildman–Crippen MR) is 110 cm³/mol. The molecule has 1 atom stereocenters. The van der Waals surface area contributed by atoms with Crippen molar-refractivity contribution in [3.8, 4) is 5.69 Å². The second-order valence-electron chi connectivity index (χ2n) is 6.06. The van der Waals surface area contributed by atoms with Crippen molar-refractivity contribution in [1.82, 2.24) is 14.8 Å². The lowest BCUT2D eigenvalue weighted by atomic mass is 10.1. The molecule has 26 heavy (non-hydrogen) atoms. The van der Waals surface area contributed by atoms with Gasteiger partial charge in [-0.25, -0.2) is 0 Å². The van der Waals surface area contributed by atoms with Gasteiger partial charge in [0, 0.05) is 22.8 Å². The second-order valence-corrected chi connectivity index (χ2v) is 8.00.